The number of carboxylic acid groups (broad SMARTS) is 1. The standard InChI is InChI=1S/C17H27NOS.CH2O2/c1-3-14-7-8-15(20-14)12-18-11-5-10-17(13-18)9-4-6-16(17)19-2;2-1-3/h7-8,16H,3-6,9-13H2,1-2H3;1H,(H,2,3)/t16-,17-;/m1./s1. The fraction of sp³-hybridized carbons (Fsp3) is 0.722. The van der Waals surface area contributed by atoms with Crippen molar-refractivity contribution in [1.29, 1.82) is 0 Å². The van der Waals surface area contributed by atoms with Gasteiger partial charge in [0.15, 0.2) is 0 Å². The first-order chi connectivity index (χ1) is 11.2. The van der Waals surface area contributed by atoms with Gasteiger partial charge in [0.2, 0.25) is 0 Å². The molecule has 1 spiro atoms. The van der Waals surface area contributed by atoms with Crippen molar-refractivity contribution in [2.45, 2.75) is 58.1 Å². The van der Waals surface area contributed by atoms with E-state index in [0.717, 1.165) is 6.54 Å². The molecule has 0 aromatic carbocycles. The first-order valence-corrected chi connectivity index (χ1v) is 9.39. The Balaban J connectivity index is 0.000000595. The summed E-state index contributed by atoms with van der Waals surface area (Å²) in [6.45, 7) is 5.64. The highest BCUT2D eigenvalue weighted by atomic mass is 32.1. The van der Waals surface area contributed by atoms with Crippen molar-refractivity contribution in [2.24, 2.45) is 5.41 Å². The molecule has 3 rings (SSSR count). The zero-order valence-electron chi connectivity index (χ0n) is 14.3. The van der Waals surface area contributed by atoms with Gasteiger partial charge in [-0.1, -0.05) is 13.3 Å². The Labute approximate surface area is 143 Å². The molecule has 1 aromatic rings. The topological polar surface area (TPSA) is 49.8 Å². The lowest BCUT2D eigenvalue weighted by atomic mass is 9.76. The third-order valence-corrected chi connectivity index (χ3v) is 6.46. The Morgan fingerprint density at radius 2 is 2.09 bits per heavy atom. The van der Waals surface area contributed by atoms with Gasteiger partial charge in [0.05, 0.1) is 6.10 Å². The second-order valence-electron chi connectivity index (χ2n) is 6.62. The lowest BCUT2D eigenvalue weighted by Crippen LogP contribution is -2.47. The highest BCUT2D eigenvalue weighted by Crippen LogP contribution is 2.46. The molecule has 23 heavy (non-hydrogen) atoms. The molecule has 0 radical (unpaired) electrons. The molecule has 1 aliphatic carbocycles. The summed E-state index contributed by atoms with van der Waals surface area (Å²) in [7, 11) is 1.91. The quantitative estimate of drug-likeness (QED) is 0.848. The number of carbonyl (C=O) groups is 1. The van der Waals surface area contributed by atoms with Crippen LogP contribution in [0.4, 0.5) is 0 Å². The molecule has 1 aliphatic heterocycles. The minimum absolute atomic E-state index is 0.250. The van der Waals surface area contributed by atoms with Gasteiger partial charge < -0.3 is 9.84 Å². The maximum absolute atomic E-state index is 8.36. The van der Waals surface area contributed by atoms with Gasteiger partial charge in [-0.05, 0) is 50.8 Å². The molecule has 0 unspecified atom stereocenters. The summed E-state index contributed by atoms with van der Waals surface area (Å²) < 4.78 is 5.80. The largest absolute Gasteiger partial charge is 0.483 e. The molecule has 1 N–H and O–H groups in total. The minimum atomic E-state index is -0.250. The number of thiophene rings is 1. The van der Waals surface area contributed by atoms with Crippen LogP contribution in [0.2, 0.25) is 0 Å². The zero-order valence-corrected chi connectivity index (χ0v) is 15.1. The summed E-state index contributed by atoms with van der Waals surface area (Å²) in [6, 6.07) is 4.63. The van der Waals surface area contributed by atoms with Crippen molar-refractivity contribution in [3.63, 3.8) is 0 Å². The molecular weight excluding hydrogens is 310 g/mol. The van der Waals surface area contributed by atoms with E-state index in [4.69, 9.17) is 14.6 Å². The molecule has 5 heteroatoms. The van der Waals surface area contributed by atoms with Crippen molar-refractivity contribution >= 4 is 17.8 Å². The lowest BCUT2D eigenvalue weighted by molar-refractivity contribution is -0.122. The van der Waals surface area contributed by atoms with Crippen LogP contribution in [0, 0.1) is 5.41 Å². The smallest absolute Gasteiger partial charge is 0.290 e. The molecule has 0 amide bonds. The molecule has 1 saturated heterocycles. The molecule has 1 saturated carbocycles. The second kappa shape index (κ2) is 8.81. The number of nitrogens with zero attached hydrogens (tertiary/aromatic N) is 1. The Kier molecular flexibility index (Phi) is 7.06. The van der Waals surface area contributed by atoms with Gasteiger partial charge in [-0.15, -0.1) is 11.3 Å². The van der Waals surface area contributed by atoms with E-state index in [-0.39, 0.29) is 6.47 Å². The van der Waals surface area contributed by atoms with Crippen LogP contribution in [0.5, 0.6) is 0 Å². The van der Waals surface area contributed by atoms with Crippen molar-refractivity contribution in [1.82, 2.24) is 4.90 Å². The number of rotatable bonds is 4. The maximum atomic E-state index is 8.36. The number of likely N-dealkylation sites (tertiary alicyclic amines) is 1. The maximum Gasteiger partial charge on any atom is 0.290 e. The van der Waals surface area contributed by atoms with Gasteiger partial charge in [-0.25, -0.2) is 0 Å². The van der Waals surface area contributed by atoms with Crippen LogP contribution >= 0.6 is 11.3 Å². The van der Waals surface area contributed by atoms with Gasteiger partial charge in [0.25, 0.3) is 6.47 Å². The van der Waals surface area contributed by atoms with Gasteiger partial charge >= 0.3 is 0 Å². The summed E-state index contributed by atoms with van der Waals surface area (Å²) in [5.74, 6) is 0. The minimum Gasteiger partial charge on any atom is -0.483 e. The Bertz CT molecular complexity index is 490. The van der Waals surface area contributed by atoms with Crippen LogP contribution in [-0.2, 0) is 22.5 Å². The van der Waals surface area contributed by atoms with E-state index in [9.17, 15) is 0 Å². The van der Waals surface area contributed by atoms with Gasteiger partial charge in [-0.2, -0.15) is 0 Å². The summed E-state index contributed by atoms with van der Waals surface area (Å²) >= 11 is 1.99. The normalized spacial score (nSPS) is 27.7. The second-order valence-corrected chi connectivity index (χ2v) is 7.87. The van der Waals surface area contributed by atoms with Gasteiger partial charge in [-0.3, -0.25) is 9.69 Å². The average Bonchev–Trinajstić information content (AvgIpc) is 3.15. The zero-order chi connectivity index (χ0) is 16.7. The Hall–Kier alpha value is -0.910. The molecular formula is C18H29NO3S. The van der Waals surface area contributed by atoms with Crippen LogP contribution in [0.1, 0.15) is 48.8 Å². The fourth-order valence-electron chi connectivity index (χ4n) is 4.25. The van der Waals surface area contributed by atoms with Gasteiger partial charge in [0.1, 0.15) is 0 Å². The van der Waals surface area contributed by atoms with Crippen LogP contribution in [0.3, 0.4) is 0 Å². The third-order valence-electron chi connectivity index (χ3n) is 5.24. The average molecular weight is 340 g/mol. The Morgan fingerprint density at radius 1 is 1.39 bits per heavy atom. The van der Waals surface area contributed by atoms with E-state index in [1.54, 1.807) is 0 Å². The van der Waals surface area contributed by atoms with E-state index < -0.39 is 0 Å². The van der Waals surface area contributed by atoms with Crippen molar-refractivity contribution in [3.8, 4) is 0 Å². The first kappa shape index (κ1) is 18.4. The molecule has 4 nitrogen and oxygen atoms in total. The molecule has 2 fully saturated rings. The third kappa shape index (κ3) is 4.55. The molecule has 1 aromatic heterocycles. The highest BCUT2D eigenvalue weighted by Gasteiger charge is 2.45. The number of piperidine rings is 1. The van der Waals surface area contributed by atoms with Crippen LogP contribution in [-0.4, -0.2) is 42.8 Å². The monoisotopic (exact) mass is 339 g/mol. The van der Waals surface area contributed by atoms with Crippen molar-refractivity contribution < 1.29 is 14.6 Å². The van der Waals surface area contributed by atoms with Crippen molar-refractivity contribution in [2.75, 3.05) is 20.2 Å². The van der Waals surface area contributed by atoms with E-state index in [0.29, 0.717) is 11.5 Å². The summed E-state index contributed by atoms with van der Waals surface area (Å²) in [5.41, 5.74) is 0.456. The number of hydrogen-bond donors (Lipinski definition) is 1. The SMILES string of the molecule is CCc1ccc(CN2CCC[C@]3(CCC[C@H]3OC)C2)s1.O=CO. The van der Waals surface area contributed by atoms with Crippen LogP contribution in [0.25, 0.3) is 0 Å². The summed E-state index contributed by atoms with van der Waals surface area (Å²) in [6.07, 6.45) is 8.36. The highest BCUT2D eigenvalue weighted by molar-refractivity contribution is 7.11. The summed E-state index contributed by atoms with van der Waals surface area (Å²) in [4.78, 5) is 14.1. The number of aryl methyl sites for hydroxylation is 1. The number of methoxy groups -OCH3 is 1. The van der Waals surface area contributed by atoms with Crippen LogP contribution < -0.4 is 0 Å². The molecule has 130 valence electrons. The molecule has 0 bridgehead atoms. The number of hydrogen-bond acceptors (Lipinski definition) is 4. The van der Waals surface area contributed by atoms with Crippen molar-refractivity contribution in [3.05, 3.63) is 21.9 Å². The predicted octanol–water partition coefficient (Wildman–Crippen LogP) is 3.79. The van der Waals surface area contributed by atoms with E-state index in [2.05, 4.69) is 24.0 Å². The first-order valence-electron chi connectivity index (χ1n) is 8.58. The Morgan fingerprint density at radius 3 is 2.74 bits per heavy atom. The van der Waals surface area contributed by atoms with E-state index in [1.165, 1.54) is 61.4 Å². The van der Waals surface area contributed by atoms with E-state index in [1.807, 2.05) is 18.4 Å². The van der Waals surface area contributed by atoms with E-state index >= 15 is 0 Å². The van der Waals surface area contributed by atoms with Gasteiger partial charge in [0, 0.05) is 35.4 Å². The molecule has 2 atom stereocenters. The predicted molar refractivity (Wildman–Crippen MR) is 94.0 cm³/mol. The fourth-order valence-corrected chi connectivity index (χ4v) is 5.25. The number of ether oxygens (including phenoxy) is 1. The molecule has 2 heterocycles. The molecule has 2 aliphatic rings. The summed E-state index contributed by atoms with van der Waals surface area (Å²) in [5, 5.41) is 6.89. The van der Waals surface area contributed by atoms with Crippen LogP contribution in [0.15, 0.2) is 12.1 Å². The lowest BCUT2D eigenvalue weighted by Gasteiger charge is -2.43.